The maximum absolute atomic E-state index is 9.37. The number of aliphatic hydroxyl groups excluding tert-OH is 1. The standard InChI is InChI=1S/C20H26N6OS/c1-13(27)21-9-10-22-15-6-7-16-17-18(24-26(16)12-11-25(2)3)14-5-4-8-23-20(14)28-19(15)17/h4-8,13,21-22,27H,9-12H2,1-3H3. The van der Waals surface area contributed by atoms with Gasteiger partial charge in [0.25, 0.3) is 0 Å². The summed E-state index contributed by atoms with van der Waals surface area (Å²) in [7, 11) is 4.16. The highest BCUT2D eigenvalue weighted by molar-refractivity contribution is 7.99. The number of aromatic nitrogens is 3. The van der Waals surface area contributed by atoms with Crippen LogP contribution in [0.1, 0.15) is 6.92 Å². The maximum Gasteiger partial charge on any atom is 0.110 e. The summed E-state index contributed by atoms with van der Waals surface area (Å²) in [6.07, 6.45) is 1.33. The number of fused-ring (bicyclic) bond motifs is 2. The van der Waals surface area contributed by atoms with Crippen LogP contribution >= 0.6 is 11.8 Å². The van der Waals surface area contributed by atoms with Gasteiger partial charge in [0.1, 0.15) is 16.9 Å². The van der Waals surface area contributed by atoms with Crippen LogP contribution in [0.15, 0.2) is 40.4 Å². The summed E-state index contributed by atoms with van der Waals surface area (Å²) < 4.78 is 2.11. The fourth-order valence-electron chi connectivity index (χ4n) is 3.37. The minimum absolute atomic E-state index is 0.505. The lowest BCUT2D eigenvalue weighted by Crippen LogP contribution is -2.30. The molecule has 8 heteroatoms. The number of pyridine rings is 1. The molecule has 0 spiro atoms. The van der Waals surface area contributed by atoms with E-state index in [9.17, 15) is 5.11 Å². The quantitative estimate of drug-likeness (QED) is 0.311. The minimum Gasteiger partial charge on any atom is -0.383 e. The zero-order chi connectivity index (χ0) is 19.7. The molecule has 0 fully saturated rings. The second kappa shape index (κ2) is 8.08. The number of nitrogens with one attached hydrogen (secondary N) is 2. The van der Waals surface area contributed by atoms with E-state index in [0.717, 1.165) is 47.1 Å². The van der Waals surface area contributed by atoms with Gasteiger partial charge in [0.05, 0.1) is 12.1 Å². The maximum atomic E-state index is 9.37. The van der Waals surface area contributed by atoms with Gasteiger partial charge in [0.2, 0.25) is 0 Å². The van der Waals surface area contributed by atoms with Crippen LogP contribution in [-0.4, -0.2) is 64.7 Å². The van der Waals surface area contributed by atoms with E-state index in [1.165, 1.54) is 10.3 Å². The normalized spacial score (nSPS) is 13.8. The monoisotopic (exact) mass is 398 g/mol. The molecule has 0 aliphatic carbocycles. The summed E-state index contributed by atoms with van der Waals surface area (Å²) in [5, 5.41) is 23.0. The fraction of sp³-hybridized carbons (Fsp3) is 0.400. The second-order valence-corrected chi connectivity index (χ2v) is 8.23. The van der Waals surface area contributed by atoms with Crippen molar-refractivity contribution in [2.24, 2.45) is 0 Å². The van der Waals surface area contributed by atoms with Crippen LogP contribution in [0.25, 0.3) is 22.2 Å². The lowest BCUT2D eigenvalue weighted by molar-refractivity contribution is 0.159. The molecule has 4 rings (SSSR count). The van der Waals surface area contributed by atoms with Gasteiger partial charge in [0.15, 0.2) is 0 Å². The molecule has 0 radical (unpaired) electrons. The molecule has 0 saturated heterocycles. The average molecular weight is 399 g/mol. The first-order valence-corrected chi connectivity index (χ1v) is 10.3. The predicted molar refractivity (Wildman–Crippen MR) is 114 cm³/mol. The van der Waals surface area contributed by atoms with Crippen molar-refractivity contribution in [2.75, 3.05) is 39.0 Å². The molecule has 7 nitrogen and oxygen atoms in total. The molecule has 0 bridgehead atoms. The third-order valence-corrected chi connectivity index (χ3v) is 5.88. The van der Waals surface area contributed by atoms with Crippen molar-refractivity contribution in [1.29, 1.82) is 0 Å². The van der Waals surface area contributed by atoms with E-state index >= 15 is 0 Å². The molecule has 3 N–H and O–H groups in total. The molecule has 148 valence electrons. The lowest BCUT2D eigenvalue weighted by atomic mass is 10.1. The van der Waals surface area contributed by atoms with Gasteiger partial charge in [-0.25, -0.2) is 4.98 Å². The van der Waals surface area contributed by atoms with E-state index in [0.29, 0.717) is 6.54 Å². The number of likely N-dealkylation sites (N-methyl/N-ethyl adjacent to an activating group) is 1. The van der Waals surface area contributed by atoms with E-state index in [-0.39, 0.29) is 0 Å². The number of nitrogens with zero attached hydrogens (tertiary/aromatic N) is 4. The first-order chi connectivity index (χ1) is 13.5. The zero-order valence-corrected chi connectivity index (χ0v) is 17.3. The van der Waals surface area contributed by atoms with Gasteiger partial charge in [-0.1, -0.05) is 11.8 Å². The Bertz CT molecular complexity index is 984. The van der Waals surface area contributed by atoms with Gasteiger partial charge in [-0.15, -0.1) is 0 Å². The first kappa shape index (κ1) is 19.2. The summed E-state index contributed by atoms with van der Waals surface area (Å²) in [6, 6.07) is 8.35. The van der Waals surface area contributed by atoms with E-state index in [1.807, 2.05) is 12.3 Å². The van der Waals surface area contributed by atoms with Crippen LogP contribution in [0.3, 0.4) is 0 Å². The number of hydrogen-bond donors (Lipinski definition) is 3. The van der Waals surface area contributed by atoms with Crippen LogP contribution in [0, 0.1) is 0 Å². The fourth-order valence-corrected chi connectivity index (χ4v) is 4.50. The third kappa shape index (κ3) is 3.73. The molecule has 1 aliphatic heterocycles. The summed E-state index contributed by atoms with van der Waals surface area (Å²) in [5.41, 5.74) is 4.34. The molecule has 1 unspecified atom stereocenters. The van der Waals surface area contributed by atoms with Crippen LogP contribution < -0.4 is 10.6 Å². The molecule has 1 aromatic carbocycles. The summed E-state index contributed by atoms with van der Waals surface area (Å²) in [4.78, 5) is 7.92. The van der Waals surface area contributed by atoms with E-state index in [1.54, 1.807) is 18.7 Å². The van der Waals surface area contributed by atoms with Gasteiger partial charge in [-0.2, -0.15) is 5.10 Å². The van der Waals surface area contributed by atoms with Crippen molar-refractivity contribution in [3.05, 3.63) is 30.5 Å². The van der Waals surface area contributed by atoms with Crippen molar-refractivity contribution >= 4 is 28.4 Å². The Labute approximate surface area is 169 Å². The van der Waals surface area contributed by atoms with Crippen molar-refractivity contribution in [3.63, 3.8) is 0 Å². The minimum atomic E-state index is -0.505. The second-order valence-electron chi connectivity index (χ2n) is 7.23. The Balaban J connectivity index is 1.73. The Hall–Kier alpha value is -2.13. The molecular formula is C20H26N6OS. The Kier molecular flexibility index (Phi) is 5.54. The van der Waals surface area contributed by atoms with Gasteiger partial charge < -0.3 is 15.3 Å². The van der Waals surface area contributed by atoms with Crippen molar-refractivity contribution in [2.45, 2.75) is 29.6 Å². The molecule has 3 aromatic rings. The number of rotatable bonds is 8. The number of aliphatic hydroxyl groups is 1. The largest absolute Gasteiger partial charge is 0.383 e. The molecule has 2 aromatic heterocycles. The van der Waals surface area contributed by atoms with Gasteiger partial charge in [-0.05, 0) is 45.3 Å². The van der Waals surface area contributed by atoms with Crippen LogP contribution in [-0.2, 0) is 6.54 Å². The Morgan fingerprint density at radius 2 is 2.11 bits per heavy atom. The predicted octanol–water partition coefficient (Wildman–Crippen LogP) is 2.46. The molecule has 28 heavy (non-hydrogen) atoms. The summed E-state index contributed by atoms with van der Waals surface area (Å²) in [6.45, 7) is 4.91. The van der Waals surface area contributed by atoms with Crippen LogP contribution in [0.4, 0.5) is 5.69 Å². The third-order valence-electron chi connectivity index (χ3n) is 4.74. The molecule has 1 atom stereocenters. The molecule has 1 aliphatic rings. The highest BCUT2D eigenvalue weighted by atomic mass is 32.2. The molecule has 0 saturated carbocycles. The smallest absolute Gasteiger partial charge is 0.110 e. The average Bonchev–Trinajstić information content (AvgIpc) is 3.05. The number of hydrogen-bond acceptors (Lipinski definition) is 7. The van der Waals surface area contributed by atoms with E-state index in [4.69, 9.17) is 5.10 Å². The first-order valence-electron chi connectivity index (χ1n) is 9.51. The van der Waals surface area contributed by atoms with Gasteiger partial charge in [-0.3, -0.25) is 10.00 Å². The van der Waals surface area contributed by atoms with Crippen LogP contribution in [0.5, 0.6) is 0 Å². The highest BCUT2D eigenvalue weighted by Crippen LogP contribution is 2.49. The van der Waals surface area contributed by atoms with Crippen molar-refractivity contribution in [1.82, 2.24) is 25.0 Å². The zero-order valence-electron chi connectivity index (χ0n) is 16.4. The van der Waals surface area contributed by atoms with Crippen molar-refractivity contribution in [3.8, 4) is 11.3 Å². The molecule has 3 heterocycles. The SMILES string of the molecule is CC(O)NCCNc1ccc2c3c(nn2CCN(C)C)-c2cccnc2Sc13. The Morgan fingerprint density at radius 3 is 2.89 bits per heavy atom. The Morgan fingerprint density at radius 1 is 1.25 bits per heavy atom. The van der Waals surface area contributed by atoms with Crippen LogP contribution in [0.2, 0.25) is 0 Å². The topological polar surface area (TPSA) is 78.2 Å². The van der Waals surface area contributed by atoms with E-state index in [2.05, 4.69) is 57.5 Å². The highest BCUT2D eigenvalue weighted by Gasteiger charge is 2.26. The summed E-state index contributed by atoms with van der Waals surface area (Å²) in [5.74, 6) is 0. The van der Waals surface area contributed by atoms with E-state index < -0.39 is 6.23 Å². The van der Waals surface area contributed by atoms with Crippen molar-refractivity contribution < 1.29 is 5.11 Å². The molecule has 0 amide bonds. The summed E-state index contributed by atoms with van der Waals surface area (Å²) >= 11 is 1.70. The van der Waals surface area contributed by atoms with Gasteiger partial charge >= 0.3 is 0 Å². The van der Waals surface area contributed by atoms with Gasteiger partial charge in [0, 0.05) is 47.4 Å². The lowest BCUT2D eigenvalue weighted by Gasteiger charge is -2.18. The number of benzene rings is 1. The molecular weight excluding hydrogens is 372 g/mol. The number of anilines is 1.